The van der Waals surface area contributed by atoms with Crippen LogP contribution in [0.15, 0.2) is 0 Å². The van der Waals surface area contributed by atoms with Gasteiger partial charge in [0.05, 0.1) is 0 Å². The topological polar surface area (TPSA) is 46.3 Å². The molecule has 66 valence electrons. The normalized spacial score (nSPS) is 11.4. The van der Waals surface area contributed by atoms with Crippen molar-refractivity contribution in [2.45, 2.75) is 34.1 Å². The minimum Gasteiger partial charge on any atom is -0.281 e. The quantitative estimate of drug-likeness (QED) is 0.372. The highest BCUT2D eigenvalue weighted by atomic mass is 16.2. The van der Waals surface area contributed by atoms with Gasteiger partial charge >= 0.3 is 0 Å². The molecule has 0 aromatic rings. The number of amides is 1. The van der Waals surface area contributed by atoms with Crippen LogP contribution in [0.4, 0.5) is 0 Å². The van der Waals surface area contributed by atoms with Crippen LogP contribution in [-0.2, 0) is 4.79 Å². The molecule has 0 heterocycles. The molecule has 11 heavy (non-hydrogen) atoms. The molecule has 0 atom stereocenters. The van der Waals surface area contributed by atoms with E-state index in [2.05, 4.69) is 0 Å². The minimum absolute atomic E-state index is 0.0139. The summed E-state index contributed by atoms with van der Waals surface area (Å²) in [6.07, 6.45) is 0.511. The molecule has 1 amide bonds. The van der Waals surface area contributed by atoms with Crippen LogP contribution in [0.3, 0.4) is 0 Å². The van der Waals surface area contributed by atoms with E-state index in [9.17, 15) is 4.79 Å². The van der Waals surface area contributed by atoms with E-state index < -0.39 is 0 Å². The first kappa shape index (κ1) is 10.4. The summed E-state index contributed by atoms with van der Waals surface area (Å²) in [5, 5.41) is 1.26. The highest BCUT2D eigenvalue weighted by Gasteiger charge is 2.18. The van der Waals surface area contributed by atoms with Crippen molar-refractivity contribution in [1.29, 1.82) is 0 Å². The van der Waals surface area contributed by atoms with Crippen LogP contribution in [0, 0.1) is 5.41 Å². The fraction of sp³-hybridized carbons (Fsp3) is 0.875. The van der Waals surface area contributed by atoms with E-state index in [0.29, 0.717) is 13.0 Å². The van der Waals surface area contributed by atoms with Crippen LogP contribution < -0.4 is 5.84 Å². The van der Waals surface area contributed by atoms with Gasteiger partial charge in [-0.1, -0.05) is 20.8 Å². The van der Waals surface area contributed by atoms with Crippen molar-refractivity contribution in [2.75, 3.05) is 6.54 Å². The highest BCUT2D eigenvalue weighted by molar-refractivity contribution is 5.76. The van der Waals surface area contributed by atoms with Crippen LogP contribution in [0.1, 0.15) is 34.1 Å². The lowest BCUT2D eigenvalue weighted by atomic mass is 9.92. The number of carbonyl (C=O) groups is 1. The van der Waals surface area contributed by atoms with Gasteiger partial charge in [0.1, 0.15) is 0 Å². The summed E-state index contributed by atoms with van der Waals surface area (Å²) < 4.78 is 0. The van der Waals surface area contributed by atoms with Crippen molar-refractivity contribution in [3.05, 3.63) is 0 Å². The van der Waals surface area contributed by atoms with Crippen LogP contribution in [0.2, 0.25) is 0 Å². The molecule has 0 spiro atoms. The monoisotopic (exact) mass is 158 g/mol. The Morgan fingerprint density at radius 2 is 1.91 bits per heavy atom. The molecule has 0 aliphatic rings. The van der Waals surface area contributed by atoms with Crippen LogP contribution >= 0.6 is 0 Å². The molecule has 0 aliphatic carbocycles. The second-order valence-electron chi connectivity index (χ2n) is 3.92. The van der Waals surface area contributed by atoms with Gasteiger partial charge < -0.3 is 0 Å². The fourth-order valence-electron chi connectivity index (χ4n) is 0.732. The Kier molecular flexibility index (Phi) is 3.52. The Morgan fingerprint density at radius 3 is 2.18 bits per heavy atom. The molecular weight excluding hydrogens is 140 g/mol. The Hall–Kier alpha value is -0.570. The lowest BCUT2D eigenvalue weighted by Gasteiger charge is -2.21. The third kappa shape index (κ3) is 4.79. The molecule has 0 aliphatic heterocycles. The summed E-state index contributed by atoms with van der Waals surface area (Å²) >= 11 is 0. The molecule has 0 saturated carbocycles. The molecule has 0 unspecified atom stereocenters. The summed E-state index contributed by atoms with van der Waals surface area (Å²) in [7, 11) is 0. The Labute approximate surface area is 68.5 Å². The van der Waals surface area contributed by atoms with E-state index in [1.807, 2.05) is 27.7 Å². The smallest absolute Gasteiger partial charge is 0.236 e. The van der Waals surface area contributed by atoms with Crippen molar-refractivity contribution >= 4 is 5.91 Å². The lowest BCUT2D eigenvalue weighted by molar-refractivity contribution is -0.133. The molecule has 0 aromatic heterocycles. The van der Waals surface area contributed by atoms with Gasteiger partial charge in [0, 0.05) is 13.0 Å². The van der Waals surface area contributed by atoms with Crippen molar-refractivity contribution in [2.24, 2.45) is 11.3 Å². The number of carbonyl (C=O) groups excluding carboxylic acids is 1. The van der Waals surface area contributed by atoms with E-state index in [1.165, 1.54) is 5.01 Å². The molecule has 0 fully saturated rings. The van der Waals surface area contributed by atoms with Gasteiger partial charge in [-0.15, -0.1) is 0 Å². The first-order valence-electron chi connectivity index (χ1n) is 3.92. The van der Waals surface area contributed by atoms with Gasteiger partial charge in [-0.2, -0.15) is 0 Å². The second kappa shape index (κ2) is 3.72. The third-order valence-corrected chi connectivity index (χ3v) is 1.34. The van der Waals surface area contributed by atoms with E-state index in [0.717, 1.165) is 0 Å². The fourth-order valence-corrected chi connectivity index (χ4v) is 0.732. The zero-order chi connectivity index (χ0) is 9.07. The van der Waals surface area contributed by atoms with E-state index in [1.54, 1.807) is 0 Å². The summed E-state index contributed by atoms with van der Waals surface area (Å²) in [4.78, 5) is 11.2. The van der Waals surface area contributed by atoms with Crippen molar-refractivity contribution in [1.82, 2.24) is 5.01 Å². The maximum Gasteiger partial charge on any atom is 0.236 e. The Morgan fingerprint density at radius 1 is 1.45 bits per heavy atom. The average molecular weight is 158 g/mol. The first-order chi connectivity index (χ1) is 4.87. The lowest BCUT2D eigenvalue weighted by Crippen LogP contribution is -2.38. The van der Waals surface area contributed by atoms with Gasteiger partial charge in [0.25, 0.3) is 0 Å². The number of hydrogen-bond donors (Lipinski definition) is 1. The van der Waals surface area contributed by atoms with E-state index in [4.69, 9.17) is 5.84 Å². The summed E-state index contributed by atoms with van der Waals surface area (Å²) in [5.74, 6) is 5.42. The van der Waals surface area contributed by atoms with Gasteiger partial charge in [-0.25, -0.2) is 5.84 Å². The largest absolute Gasteiger partial charge is 0.281 e. The Bertz CT molecular complexity index is 138. The third-order valence-electron chi connectivity index (χ3n) is 1.34. The van der Waals surface area contributed by atoms with Crippen molar-refractivity contribution < 1.29 is 4.79 Å². The molecular formula is C8H18N2O. The highest BCUT2D eigenvalue weighted by Crippen LogP contribution is 2.18. The van der Waals surface area contributed by atoms with Gasteiger partial charge in [-0.3, -0.25) is 9.80 Å². The number of nitrogens with zero attached hydrogens (tertiary/aromatic N) is 1. The predicted octanol–water partition coefficient (Wildman–Crippen LogP) is 1.14. The van der Waals surface area contributed by atoms with Gasteiger partial charge in [-0.05, 0) is 12.3 Å². The summed E-state index contributed by atoms with van der Waals surface area (Å²) in [5.41, 5.74) is 0.0316. The standard InChI is InChI=1S/C8H18N2O/c1-5-10(9)7(11)6-8(2,3)4/h5-6,9H2,1-4H3. The minimum atomic E-state index is 0.0139. The molecule has 3 heteroatoms. The van der Waals surface area contributed by atoms with Crippen LogP contribution in [-0.4, -0.2) is 17.5 Å². The molecule has 0 bridgehead atoms. The van der Waals surface area contributed by atoms with Crippen molar-refractivity contribution in [3.63, 3.8) is 0 Å². The molecule has 0 rings (SSSR count). The molecule has 2 N–H and O–H groups in total. The van der Waals surface area contributed by atoms with Crippen molar-refractivity contribution in [3.8, 4) is 0 Å². The summed E-state index contributed by atoms with van der Waals surface area (Å²) in [6, 6.07) is 0. The van der Waals surface area contributed by atoms with Crippen LogP contribution in [0.5, 0.6) is 0 Å². The molecule has 0 aromatic carbocycles. The average Bonchev–Trinajstić information content (AvgIpc) is 1.82. The molecule has 3 nitrogen and oxygen atoms in total. The number of nitrogens with two attached hydrogens (primary N) is 1. The predicted molar refractivity (Wildman–Crippen MR) is 45.6 cm³/mol. The van der Waals surface area contributed by atoms with Crippen LogP contribution in [0.25, 0.3) is 0 Å². The number of rotatable bonds is 2. The van der Waals surface area contributed by atoms with Gasteiger partial charge in [0.15, 0.2) is 0 Å². The first-order valence-corrected chi connectivity index (χ1v) is 3.92. The zero-order valence-electron chi connectivity index (χ0n) is 7.85. The van der Waals surface area contributed by atoms with E-state index >= 15 is 0 Å². The van der Waals surface area contributed by atoms with Gasteiger partial charge in [0.2, 0.25) is 5.91 Å². The second-order valence-corrected chi connectivity index (χ2v) is 3.92. The summed E-state index contributed by atoms with van der Waals surface area (Å²) in [6.45, 7) is 8.51. The SMILES string of the molecule is CCN(N)C(=O)CC(C)(C)C. The Balaban J connectivity index is 3.88. The maximum atomic E-state index is 11.2. The maximum absolute atomic E-state index is 11.2. The molecule has 0 saturated heterocycles. The number of hydrazine groups is 1. The molecule has 0 radical (unpaired) electrons. The zero-order valence-corrected chi connectivity index (χ0v) is 7.85. The van der Waals surface area contributed by atoms with E-state index in [-0.39, 0.29) is 11.3 Å². The number of hydrogen-bond acceptors (Lipinski definition) is 2.